The van der Waals surface area contributed by atoms with Crippen LogP contribution in [0.25, 0.3) is 0 Å². The zero-order valence-electron chi connectivity index (χ0n) is 16.0. The molecule has 0 radical (unpaired) electrons. The maximum atomic E-state index is 13.3. The Morgan fingerprint density at radius 2 is 1.34 bits per heavy atom. The van der Waals surface area contributed by atoms with Crippen LogP contribution in [-0.2, 0) is 10.4 Å². The molecule has 0 aliphatic rings. The van der Waals surface area contributed by atoms with Gasteiger partial charge in [0, 0.05) is 11.1 Å². The Bertz CT molecular complexity index is 962. The molecule has 150 valence electrons. The number of halogens is 1. The van der Waals surface area contributed by atoms with Gasteiger partial charge < -0.3 is 14.6 Å². The van der Waals surface area contributed by atoms with E-state index in [4.69, 9.17) is 21.1 Å². The van der Waals surface area contributed by atoms with Crippen LogP contribution in [0.4, 0.5) is 5.69 Å². The summed E-state index contributed by atoms with van der Waals surface area (Å²) in [7, 11) is 2.95. The number of carbonyl (C=O) groups is 1. The quantitative estimate of drug-likeness (QED) is 0.515. The third-order valence-corrected chi connectivity index (χ3v) is 4.84. The summed E-state index contributed by atoms with van der Waals surface area (Å²) in [5.41, 5.74) is 4.23. The summed E-state index contributed by atoms with van der Waals surface area (Å²) in [4.78, 5) is 13.3. The molecular formula is C22H21ClN2O4. The van der Waals surface area contributed by atoms with Crippen molar-refractivity contribution >= 4 is 23.2 Å². The summed E-state index contributed by atoms with van der Waals surface area (Å²) in [6.07, 6.45) is 0. The summed E-state index contributed by atoms with van der Waals surface area (Å²) in [5, 5.41) is 12.2. The fraction of sp³-hybridized carbons (Fsp3) is 0.136. The van der Waals surface area contributed by atoms with E-state index in [-0.39, 0.29) is 11.1 Å². The highest BCUT2D eigenvalue weighted by Gasteiger charge is 2.44. The van der Waals surface area contributed by atoms with Gasteiger partial charge in [-0.15, -0.1) is 0 Å². The van der Waals surface area contributed by atoms with Gasteiger partial charge in [-0.3, -0.25) is 15.6 Å². The number of anilines is 1. The van der Waals surface area contributed by atoms with Crippen molar-refractivity contribution in [1.82, 2.24) is 5.43 Å². The van der Waals surface area contributed by atoms with Crippen LogP contribution >= 0.6 is 11.6 Å². The Labute approximate surface area is 174 Å². The summed E-state index contributed by atoms with van der Waals surface area (Å²) in [5.74, 6) is -0.0194. The number of hydrogen-bond donors (Lipinski definition) is 3. The van der Waals surface area contributed by atoms with Gasteiger partial charge >= 0.3 is 0 Å². The third kappa shape index (κ3) is 3.99. The standard InChI is InChI=1S/C22H21ClN2O4/c1-28-19-13-7-3-9-15(19)22(27,16-10-4-8-14-20(16)29-2)21(26)25-24-18-12-6-5-11-17(18)23/h3-14,24,27H,1-2H3,(H,25,26). The third-order valence-electron chi connectivity index (χ3n) is 4.51. The molecule has 0 fully saturated rings. The lowest BCUT2D eigenvalue weighted by molar-refractivity contribution is -0.136. The Morgan fingerprint density at radius 3 is 1.86 bits per heavy atom. The van der Waals surface area contributed by atoms with Gasteiger partial charge in [0.25, 0.3) is 5.91 Å². The number of amides is 1. The molecule has 0 unspecified atom stereocenters. The number of carbonyl (C=O) groups excluding carboxylic acids is 1. The van der Waals surface area contributed by atoms with Crippen LogP contribution in [0.2, 0.25) is 5.02 Å². The monoisotopic (exact) mass is 412 g/mol. The number of ether oxygens (including phenoxy) is 2. The van der Waals surface area contributed by atoms with Crippen molar-refractivity contribution in [3.8, 4) is 11.5 Å². The van der Waals surface area contributed by atoms with Gasteiger partial charge in [-0.25, -0.2) is 0 Å². The number of para-hydroxylation sites is 3. The summed E-state index contributed by atoms with van der Waals surface area (Å²) >= 11 is 6.14. The van der Waals surface area contributed by atoms with Crippen LogP contribution in [0, 0.1) is 0 Å². The minimum Gasteiger partial charge on any atom is -0.496 e. The van der Waals surface area contributed by atoms with Gasteiger partial charge in [-0.1, -0.05) is 60.1 Å². The number of methoxy groups -OCH3 is 2. The van der Waals surface area contributed by atoms with Crippen molar-refractivity contribution < 1.29 is 19.4 Å². The summed E-state index contributed by atoms with van der Waals surface area (Å²) in [6, 6.07) is 20.5. The van der Waals surface area contributed by atoms with E-state index in [2.05, 4.69) is 10.9 Å². The topological polar surface area (TPSA) is 79.8 Å². The minimum absolute atomic E-state index is 0.269. The van der Waals surface area contributed by atoms with Crippen molar-refractivity contribution in [1.29, 1.82) is 0 Å². The van der Waals surface area contributed by atoms with E-state index in [9.17, 15) is 9.90 Å². The fourth-order valence-electron chi connectivity index (χ4n) is 3.05. The molecule has 0 spiro atoms. The molecule has 0 heterocycles. The molecule has 7 heteroatoms. The molecule has 0 saturated carbocycles. The fourth-order valence-corrected chi connectivity index (χ4v) is 3.24. The highest BCUT2D eigenvalue weighted by atomic mass is 35.5. The number of rotatable bonds is 7. The second kappa shape index (κ2) is 8.86. The first kappa shape index (κ1) is 20.5. The Morgan fingerprint density at radius 1 is 0.862 bits per heavy atom. The number of nitrogens with one attached hydrogen (secondary N) is 2. The molecule has 0 aromatic heterocycles. The molecule has 3 rings (SSSR count). The predicted molar refractivity (Wildman–Crippen MR) is 112 cm³/mol. The van der Waals surface area contributed by atoms with E-state index in [1.807, 2.05) is 0 Å². The van der Waals surface area contributed by atoms with Crippen molar-refractivity contribution in [3.05, 3.63) is 88.9 Å². The van der Waals surface area contributed by atoms with Crippen molar-refractivity contribution in [3.63, 3.8) is 0 Å². The SMILES string of the molecule is COc1ccccc1C(O)(C(=O)NNc1ccccc1Cl)c1ccccc1OC. The molecule has 1 amide bonds. The molecule has 0 aliphatic heterocycles. The lowest BCUT2D eigenvalue weighted by Gasteiger charge is -2.30. The molecular weight excluding hydrogens is 392 g/mol. The molecule has 3 N–H and O–H groups in total. The van der Waals surface area contributed by atoms with Gasteiger partial charge in [-0.05, 0) is 24.3 Å². The predicted octanol–water partition coefficient (Wildman–Crippen LogP) is 3.74. The van der Waals surface area contributed by atoms with Crippen molar-refractivity contribution in [2.24, 2.45) is 0 Å². The van der Waals surface area contributed by atoms with E-state index in [0.717, 1.165) is 0 Å². The van der Waals surface area contributed by atoms with Crippen LogP contribution < -0.4 is 20.3 Å². The molecule has 0 aliphatic carbocycles. The largest absolute Gasteiger partial charge is 0.496 e. The lowest BCUT2D eigenvalue weighted by Crippen LogP contribution is -2.47. The first-order chi connectivity index (χ1) is 14.0. The zero-order chi connectivity index (χ0) is 20.9. The van der Waals surface area contributed by atoms with Crippen molar-refractivity contribution in [2.45, 2.75) is 5.60 Å². The van der Waals surface area contributed by atoms with Gasteiger partial charge in [0.05, 0.1) is 24.9 Å². The molecule has 0 bridgehead atoms. The Hall–Kier alpha value is -3.22. The van der Waals surface area contributed by atoms with Gasteiger partial charge in [0.15, 0.2) is 0 Å². The molecule has 6 nitrogen and oxygen atoms in total. The summed E-state index contributed by atoms with van der Waals surface area (Å²) < 4.78 is 10.8. The first-order valence-corrected chi connectivity index (χ1v) is 9.20. The maximum Gasteiger partial charge on any atom is 0.279 e. The van der Waals surface area contributed by atoms with Crippen LogP contribution in [0.15, 0.2) is 72.8 Å². The Balaban J connectivity index is 2.08. The summed E-state index contributed by atoms with van der Waals surface area (Å²) in [6.45, 7) is 0. The van der Waals surface area contributed by atoms with E-state index in [0.29, 0.717) is 22.2 Å². The molecule has 3 aromatic rings. The second-order valence-electron chi connectivity index (χ2n) is 6.17. The second-order valence-corrected chi connectivity index (χ2v) is 6.58. The number of aliphatic hydroxyl groups is 1. The zero-order valence-corrected chi connectivity index (χ0v) is 16.7. The van der Waals surface area contributed by atoms with E-state index in [1.54, 1.807) is 72.8 Å². The van der Waals surface area contributed by atoms with Crippen LogP contribution in [-0.4, -0.2) is 25.2 Å². The normalized spacial score (nSPS) is 10.9. The van der Waals surface area contributed by atoms with Crippen molar-refractivity contribution in [2.75, 3.05) is 19.6 Å². The average Bonchev–Trinajstić information content (AvgIpc) is 2.77. The van der Waals surface area contributed by atoms with Crippen LogP contribution in [0.5, 0.6) is 11.5 Å². The molecule has 0 saturated heterocycles. The van der Waals surface area contributed by atoms with Crippen LogP contribution in [0.3, 0.4) is 0 Å². The van der Waals surface area contributed by atoms with Gasteiger partial charge in [-0.2, -0.15) is 0 Å². The number of hydrazine groups is 1. The maximum absolute atomic E-state index is 13.3. The van der Waals surface area contributed by atoms with E-state index in [1.165, 1.54) is 14.2 Å². The smallest absolute Gasteiger partial charge is 0.279 e. The van der Waals surface area contributed by atoms with E-state index >= 15 is 0 Å². The number of hydrogen-bond acceptors (Lipinski definition) is 5. The molecule has 29 heavy (non-hydrogen) atoms. The highest BCUT2D eigenvalue weighted by Crippen LogP contribution is 2.40. The molecule has 0 atom stereocenters. The average molecular weight is 413 g/mol. The highest BCUT2D eigenvalue weighted by molar-refractivity contribution is 6.33. The van der Waals surface area contributed by atoms with Gasteiger partial charge in [0.1, 0.15) is 11.5 Å². The van der Waals surface area contributed by atoms with E-state index < -0.39 is 11.5 Å². The van der Waals surface area contributed by atoms with Crippen LogP contribution in [0.1, 0.15) is 11.1 Å². The number of benzene rings is 3. The first-order valence-electron chi connectivity index (χ1n) is 8.82. The Kier molecular flexibility index (Phi) is 6.26. The minimum atomic E-state index is -2.10. The lowest BCUT2D eigenvalue weighted by atomic mass is 9.84. The molecule has 3 aromatic carbocycles. The van der Waals surface area contributed by atoms with Gasteiger partial charge in [0.2, 0.25) is 5.60 Å².